The Balaban J connectivity index is 2.20. The number of hydrazone groups is 1. The predicted octanol–water partition coefficient (Wildman–Crippen LogP) is 1.64. The molecule has 2 rings (SSSR count). The third-order valence-corrected chi connectivity index (χ3v) is 5.04. The number of aryl methyl sites for hydroxylation is 1. The number of aromatic nitrogens is 1. The second-order valence-electron chi connectivity index (χ2n) is 7.91. The van der Waals surface area contributed by atoms with Crippen LogP contribution in [0.5, 0.6) is 5.75 Å². The minimum Gasteiger partial charge on any atom is -0.489 e. The second kappa shape index (κ2) is 10.3. The lowest BCUT2D eigenvalue weighted by Gasteiger charge is -2.25. The molecule has 9 heteroatoms. The molecule has 0 aliphatic heterocycles. The van der Waals surface area contributed by atoms with E-state index in [0.717, 1.165) is 24.3 Å². The van der Waals surface area contributed by atoms with Crippen LogP contribution in [0.15, 0.2) is 22.9 Å². The van der Waals surface area contributed by atoms with Gasteiger partial charge in [0.25, 0.3) is 0 Å². The smallest absolute Gasteiger partial charge is 0.140 e. The fraction of sp³-hybridized carbons (Fsp3) is 0.600. The fourth-order valence-corrected chi connectivity index (χ4v) is 3.17. The summed E-state index contributed by atoms with van der Waals surface area (Å²) in [6.45, 7) is 5.99. The SMILES string of the molecule is Cc1nc(/C(N)=C(\CN(N)/N=C(\N)C(C)C)N(C)N)ccc1OC1CCCCC1. The van der Waals surface area contributed by atoms with Crippen molar-refractivity contribution in [2.75, 3.05) is 13.6 Å². The van der Waals surface area contributed by atoms with Crippen molar-refractivity contribution in [2.45, 2.75) is 59.0 Å². The topological polar surface area (TPSA) is 145 Å². The van der Waals surface area contributed by atoms with Crippen LogP contribution in [-0.2, 0) is 0 Å². The lowest BCUT2D eigenvalue weighted by atomic mass is 9.98. The van der Waals surface area contributed by atoms with Crippen LogP contribution in [0.2, 0.25) is 0 Å². The highest BCUT2D eigenvalue weighted by atomic mass is 16.5. The van der Waals surface area contributed by atoms with E-state index < -0.39 is 0 Å². The molecule has 0 aromatic carbocycles. The quantitative estimate of drug-likeness (QED) is 0.221. The molecule has 1 aliphatic rings. The van der Waals surface area contributed by atoms with Crippen LogP contribution in [0, 0.1) is 12.8 Å². The molecule has 29 heavy (non-hydrogen) atoms. The molecule has 0 unspecified atom stereocenters. The van der Waals surface area contributed by atoms with E-state index in [4.69, 9.17) is 27.9 Å². The Bertz CT molecular complexity index is 738. The van der Waals surface area contributed by atoms with Crippen LogP contribution < -0.4 is 27.9 Å². The third kappa shape index (κ3) is 6.50. The molecule has 1 saturated carbocycles. The van der Waals surface area contributed by atoms with Crippen LogP contribution in [0.25, 0.3) is 5.70 Å². The second-order valence-corrected chi connectivity index (χ2v) is 7.91. The summed E-state index contributed by atoms with van der Waals surface area (Å²) in [5, 5.41) is 6.81. The molecular weight excluding hydrogens is 368 g/mol. The van der Waals surface area contributed by atoms with Crippen molar-refractivity contribution >= 4 is 11.5 Å². The number of pyridine rings is 1. The first-order chi connectivity index (χ1) is 13.7. The Labute approximate surface area is 173 Å². The van der Waals surface area contributed by atoms with Crippen LogP contribution in [-0.4, -0.2) is 40.6 Å². The minimum absolute atomic E-state index is 0.0856. The average molecular weight is 405 g/mol. The van der Waals surface area contributed by atoms with E-state index in [1.807, 2.05) is 32.9 Å². The fourth-order valence-electron chi connectivity index (χ4n) is 3.17. The summed E-state index contributed by atoms with van der Waals surface area (Å²) in [6, 6.07) is 3.76. The van der Waals surface area contributed by atoms with Gasteiger partial charge in [-0.25, -0.2) is 21.8 Å². The zero-order valence-electron chi connectivity index (χ0n) is 18.1. The van der Waals surface area contributed by atoms with Crippen molar-refractivity contribution in [1.82, 2.24) is 15.1 Å². The first-order valence-electron chi connectivity index (χ1n) is 10.2. The van der Waals surface area contributed by atoms with E-state index in [1.54, 1.807) is 7.05 Å². The van der Waals surface area contributed by atoms with Crippen LogP contribution in [0.3, 0.4) is 0 Å². The molecule has 0 bridgehead atoms. The van der Waals surface area contributed by atoms with Gasteiger partial charge in [0.15, 0.2) is 0 Å². The largest absolute Gasteiger partial charge is 0.489 e. The normalized spacial score (nSPS) is 16.6. The Morgan fingerprint density at radius 3 is 2.41 bits per heavy atom. The van der Waals surface area contributed by atoms with Crippen molar-refractivity contribution in [3.8, 4) is 5.75 Å². The van der Waals surface area contributed by atoms with Gasteiger partial charge in [-0.05, 0) is 44.7 Å². The Morgan fingerprint density at radius 2 is 1.86 bits per heavy atom. The first kappa shape index (κ1) is 22.8. The number of nitrogens with two attached hydrogens (primary N) is 4. The van der Waals surface area contributed by atoms with Crippen LogP contribution in [0.4, 0.5) is 0 Å². The summed E-state index contributed by atoms with van der Waals surface area (Å²) < 4.78 is 6.15. The summed E-state index contributed by atoms with van der Waals surface area (Å²) in [7, 11) is 1.69. The number of rotatable bonds is 8. The molecule has 1 fully saturated rings. The first-order valence-corrected chi connectivity index (χ1v) is 10.2. The zero-order chi connectivity index (χ0) is 21.6. The maximum absolute atomic E-state index is 6.38. The molecule has 162 valence electrons. The van der Waals surface area contributed by atoms with Gasteiger partial charge in [0.1, 0.15) is 11.6 Å². The van der Waals surface area contributed by atoms with Crippen molar-refractivity contribution in [2.24, 2.45) is 34.2 Å². The monoisotopic (exact) mass is 404 g/mol. The highest BCUT2D eigenvalue weighted by Crippen LogP contribution is 2.26. The van der Waals surface area contributed by atoms with Crippen LogP contribution in [0.1, 0.15) is 57.3 Å². The maximum Gasteiger partial charge on any atom is 0.140 e. The molecule has 9 nitrogen and oxygen atoms in total. The Hall–Kier alpha value is -2.52. The molecule has 0 amide bonds. The Kier molecular flexibility index (Phi) is 8.10. The van der Waals surface area contributed by atoms with E-state index in [2.05, 4.69) is 10.1 Å². The molecule has 0 radical (unpaired) electrons. The van der Waals surface area contributed by atoms with E-state index in [9.17, 15) is 0 Å². The van der Waals surface area contributed by atoms with Crippen molar-refractivity contribution < 1.29 is 4.74 Å². The van der Waals surface area contributed by atoms with Gasteiger partial charge in [-0.2, -0.15) is 0 Å². The molecule has 1 heterocycles. The van der Waals surface area contributed by atoms with E-state index in [-0.39, 0.29) is 18.6 Å². The molecule has 1 aliphatic carbocycles. The van der Waals surface area contributed by atoms with Crippen LogP contribution >= 0.6 is 0 Å². The van der Waals surface area contributed by atoms with Crippen molar-refractivity contribution in [1.29, 1.82) is 0 Å². The molecule has 0 saturated heterocycles. The zero-order valence-corrected chi connectivity index (χ0v) is 18.1. The van der Waals surface area contributed by atoms with E-state index in [0.29, 0.717) is 22.9 Å². The minimum atomic E-state index is 0.0856. The van der Waals surface area contributed by atoms with Gasteiger partial charge < -0.3 is 21.2 Å². The van der Waals surface area contributed by atoms with Gasteiger partial charge >= 0.3 is 0 Å². The van der Waals surface area contributed by atoms with Crippen molar-refractivity contribution in [3.63, 3.8) is 0 Å². The lowest BCUT2D eigenvalue weighted by Crippen LogP contribution is -2.39. The summed E-state index contributed by atoms with van der Waals surface area (Å²) in [5.41, 5.74) is 14.7. The number of ether oxygens (including phenoxy) is 1. The highest BCUT2D eigenvalue weighted by Gasteiger charge is 2.18. The number of hydrogen-bond donors (Lipinski definition) is 4. The summed E-state index contributed by atoms with van der Waals surface area (Å²) in [6.07, 6.45) is 6.18. The third-order valence-electron chi connectivity index (χ3n) is 5.04. The molecular formula is C20H36N8O. The molecule has 1 aromatic rings. The number of likely N-dealkylation sites (N-methyl/N-ethyl adjacent to an activating group) is 1. The van der Waals surface area contributed by atoms with E-state index in [1.165, 1.54) is 29.4 Å². The molecule has 8 N–H and O–H groups in total. The van der Waals surface area contributed by atoms with Gasteiger partial charge in [-0.3, -0.25) is 0 Å². The highest BCUT2D eigenvalue weighted by molar-refractivity contribution is 5.81. The predicted molar refractivity (Wildman–Crippen MR) is 117 cm³/mol. The van der Waals surface area contributed by atoms with E-state index >= 15 is 0 Å². The standard InChI is InChI=1S/C20H36N8O/c1-13(2)20(22)26-28(24)12-17(27(4)23)19(21)16-10-11-18(14(3)25-16)29-15-8-6-5-7-9-15/h10-11,13,15H,5-9,12,21,23-24H2,1-4H3,(H2,22,26)/b19-17-. The summed E-state index contributed by atoms with van der Waals surface area (Å²) in [4.78, 5) is 4.63. The molecule has 1 aromatic heterocycles. The Morgan fingerprint density at radius 1 is 1.21 bits per heavy atom. The summed E-state index contributed by atoms with van der Waals surface area (Å²) in [5.74, 6) is 13.3. The van der Waals surface area contributed by atoms with Gasteiger partial charge in [0.2, 0.25) is 0 Å². The number of hydrogen-bond acceptors (Lipinski definition) is 8. The molecule has 0 atom stereocenters. The van der Waals surface area contributed by atoms with Gasteiger partial charge in [0, 0.05) is 13.0 Å². The van der Waals surface area contributed by atoms with Gasteiger partial charge in [-0.1, -0.05) is 20.3 Å². The van der Waals surface area contributed by atoms with Gasteiger partial charge in [-0.15, -0.1) is 5.10 Å². The lowest BCUT2D eigenvalue weighted by molar-refractivity contribution is 0.153. The average Bonchev–Trinajstić information content (AvgIpc) is 2.67. The maximum atomic E-state index is 6.38. The van der Waals surface area contributed by atoms with Gasteiger partial charge in [0.05, 0.1) is 35.4 Å². The number of hydrazine groups is 2. The number of amidine groups is 1. The molecule has 0 spiro atoms. The number of nitrogens with zero attached hydrogens (tertiary/aromatic N) is 4. The van der Waals surface area contributed by atoms with Crippen molar-refractivity contribution in [3.05, 3.63) is 29.2 Å². The summed E-state index contributed by atoms with van der Waals surface area (Å²) >= 11 is 0.